The van der Waals surface area contributed by atoms with Crippen LogP contribution in [0.1, 0.15) is 77.9 Å². The number of esters is 1. The number of aromatic nitrogens is 1. The largest absolute Gasteiger partial charge is 0.457 e. The molecule has 0 saturated carbocycles. The molecule has 0 fully saturated rings. The zero-order chi connectivity index (χ0) is 24.9. The highest BCUT2D eigenvalue weighted by atomic mass is 32.1. The summed E-state index contributed by atoms with van der Waals surface area (Å²) in [6, 6.07) is 0. The van der Waals surface area contributed by atoms with Crippen molar-refractivity contribution in [3.8, 4) is 0 Å². The van der Waals surface area contributed by atoms with E-state index in [9.17, 15) is 19.8 Å². The van der Waals surface area contributed by atoms with Crippen molar-refractivity contribution in [2.24, 2.45) is 17.3 Å². The number of carbonyl (C=O) groups excluding carboxylic acids is 2. The van der Waals surface area contributed by atoms with Crippen LogP contribution in [0.4, 0.5) is 0 Å². The maximum atomic E-state index is 13.1. The second kappa shape index (κ2) is 11.5. The molecular weight excluding hydrogens is 438 g/mol. The molecule has 0 saturated heterocycles. The number of aryl methyl sites for hydroxylation is 1. The first kappa shape index (κ1) is 27.4. The van der Waals surface area contributed by atoms with Crippen molar-refractivity contribution in [2.45, 2.75) is 92.5 Å². The van der Waals surface area contributed by atoms with Crippen molar-refractivity contribution in [2.75, 3.05) is 0 Å². The number of rotatable bonds is 2. The number of aliphatic hydroxyl groups excluding tert-OH is 2. The van der Waals surface area contributed by atoms with Crippen LogP contribution in [0, 0.1) is 24.2 Å². The minimum atomic E-state index is -1.21. The van der Waals surface area contributed by atoms with Gasteiger partial charge in [0.25, 0.3) is 0 Å². The van der Waals surface area contributed by atoms with E-state index in [4.69, 9.17) is 4.74 Å². The number of ketones is 1. The predicted octanol–water partition coefficient (Wildman–Crippen LogP) is 4.88. The number of carbonyl (C=O) groups is 2. The van der Waals surface area contributed by atoms with E-state index in [-0.39, 0.29) is 18.1 Å². The van der Waals surface area contributed by atoms with Gasteiger partial charge in [0.2, 0.25) is 0 Å². The monoisotopic (exact) mass is 477 g/mol. The zero-order valence-electron chi connectivity index (χ0n) is 20.9. The molecule has 6 nitrogen and oxygen atoms in total. The first-order valence-electron chi connectivity index (χ1n) is 11.7. The van der Waals surface area contributed by atoms with E-state index in [0.717, 1.165) is 34.7 Å². The summed E-state index contributed by atoms with van der Waals surface area (Å²) in [7, 11) is 0. The van der Waals surface area contributed by atoms with Gasteiger partial charge < -0.3 is 14.9 Å². The molecule has 0 spiro atoms. The molecule has 0 unspecified atom stereocenters. The molecule has 1 aliphatic heterocycles. The smallest absolute Gasteiger partial charge is 0.309 e. The molecule has 33 heavy (non-hydrogen) atoms. The topological polar surface area (TPSA) is 96.7 Å². The Hall–Kier alpha value is -1.83. The fraction of sp³-hybridized carbons (Fsp3) is 0.654. The van der Waals surface area contributed by atoms with Gasteiger partial charge in [-0.15, -0.1) is 11.3 Å². The van der Waals surface area contributed by atoms with Crippen LogP contribution in [0.15, 0.2) is 22.6 Å². The zero-order valence-corrected chi connectivity index (χ0v) is 21.7. The van der Waals surface area contributed by atoms with Crippen LogP contribution in [0.3, 0.4) is 0 Å². The summed E-state index contributed by atoms with van der Waals surface area (Å²) in [5.74, 6) is -1.53. The van der Waals surface area contributed by atoms with Gasteiger partial charge in [-0.1, -0.05) is 39.3 Å². The molecule has 5 atom stereocenters. The van der Waals surface area contributed by atoms with Gasteiger partial charge in [-0.3, -0.25) is 9.59 Å². The van der Waals surface area contributed by atoms with Crippen LogP contribution < -0.4 is 0 Å². The Morgan fingerprint density at radius 1 is 1.24 bits per heavy atom. The van der Waals surface area contributed by atoms with Gasteiger partial charge >= 0.3 is 5.97 Å². The maximum Gasteiger partial charge on any atom is 0.309 e. The van der Waals surface area contributed by atoms with Gasteiger partial charge in [0.1, 0.15) is 11.9 Å². The number of allylic oxidation sites excluding steroid dienone is 1. The Labute approximate surface area is 201 Å². The van der Waals surface area contributed by atoms with E-state index < -0.39 is 35.6 Å². The first-order chi connectivity index (χ1) is 15.3. The molecule has 2 N–H and O–H groups in total. The second-order valence-corrected chi connectivity index (χ2v) is 11.1. The summed E-state index contributed by atoms with van der Waals surface area (Å²) in [6.07, 6.45) is 3.20. The van der Waals surface area contributed by atoms with Crippen molar-refractivity contribution >= 4 is 29.2 Å². The molecule has 2 rings (SSSR count). The number of Topliss-reactive ketones (excluding diaryl/α,β-unsaturated/α-hetero) is 1. The fourth-order valence-electron chi connectivity index (χ4n) is 4.15. The van der Waals surface area contributed by atoms with Crippen LogP contribution in [-0.4, -0.2) is 45.3 Å². The lowest BCUT2D eigenvalue weighted by Crippen LogP contribution is -2.45. The van der Waals surface area contributed by atoms with E-state index in [0.29, 0.717) is 6.42 Å². The summed E-state index contributed by atoms with van der Waals surface area (Å²) in [5.41, 5.74) is 1.64. The Balaban J connectivity index is 2.35. The number of thiazole rings is 1. The lowest BCUT2D eigenvalue weighted by Gasteiger charge is -2.34. The van der Waals surface area contributed by atoms with E-state index in [1.165, 1.54) is 0 Å². The number of hydrogen-bond acceptors (Lipinski definition) is 7. The second-order valence-electron chi connectivity index (χ2n) is 10.0. The first-order valence-corrected chi connectivity index (χ1v) is 12.6. The normalized spacial score (nSPS) is 32.3. The SMILES string of the molecule is C/C1=C/C[C@@H](/C(C)=C/c2csc(C)n2)OC(=O)C[C@H](O)C(C)(C)C(=O)[C@H](C)[C@@H](O)[C@@H](C)CC1. The number of ether oxygens (including phenoxy) is 1. The van der Waals surface area contributed by atoms with Crippen LogP contribution in [0.2, 0.25) is 0 Å². The lowest BCUT2D eigenvalue weighted by molar-refractivity contribution is -0.154. The average Bonchev–Trinajstić information content (AvgIpc) is 3.16. The summed E-state index contributed by atoms with van der Waals surface area (Å²) in [4.78, 5) is 30.4. The molecule has 2 heterocycles. The van der Waals surface area contributed by atoms with Crippen LogP contribution in [0.5, 0.6) is 0 Å². The van der Waals surface area contributed by atoms with Crippen molar-refractivity contribution in [1.82, 2.24) is 4.98 Å². The molecule has 1 aromatic rings. The van der Waals surface area contributed by atoms with Gasteiger partial charge in [0.15, 0.2) is 0 Å². The average molecular weight is 478 g/mol. The predicted molar refractivity (Wildman–Crippen MR) is 132 cm³/mol. The van der Waals surface area contributed by atoms with Crippen LogP contribution in [-0.2, 0) is 14.3 Å². The quantitative estimate of drug-likeness (QED) is 0.466. The van der Waals surface area contributed by atoms with Crippen molar-refractivity contribution in [1.29, 1.82) is 0 Å². The Bertz CT molecular complexity index is 900. The van der Waals surface area contributed by atoms with E-state index in [1.54, 1.807) is 32.1 Å². The van der Waals surface area contributed by atoms with Gasteiger partial charge in [-0.2, -0.15) is 0 Å². The molecule has 1 aromatic heterocycles. The van der Waals surface area contributed by atoms with E-state index in [1.807, 2.05) is 39.2 Å². The Morgan fingerprint density at radius 3 is 2.52 bits per heavy atom. The summed E-state index contributed by atoms with van der Waals surface area (Å²) >= 11 is 1.56. The Kier molecular flexibility index (Phi) is 9.58. The van der Waals surface area contributed by atoms with Crippen molar-refractivity contribution < 1.29 is 24.5 Å². The third kappa shape index (κ3) is 7.33. The third-order valence-corrected chi connectivity index (χ3v) is 7.60. The number of nitrogens with zero attached hydrogens (tertiary/aromatic N) is 1. The van der Waals surface area contributed by atoms with Crippen LogP contribution >= 0.6 is 11.3 Å². The minimum absolute atomic E-state index is 0.0754. The van der Waals surface area contributed by atoms with E-state index in [2.05, 4.69) is 11.1 Å². The molecule has 0 radical (unpaired) electrons. The number of hydrogen-bond donors (Lipinski definition) is 2. The highest BCUT2D eigenvalue weighted by Gasteiger charge is 2.42. The van der Waals surface area contributed by atoms with E-state index >= 15 is 0 Å². The van der Waals surface area contributed by atoms with Gasteiger partial charge in [-0.05, 0) is 51.2 Å². The molecule has 0 aromatic carbocycles. The molecular formula is C26H39NO5S. The Morgan fingerprint density at radius 2 is 1.91 bits per heavy atom. The summed E-state index contributed by atoms with van der Waals surface area (Å²) in [5, 5.41) is 24.5. The lowest BCUT2D eigenvalue weighted by atomic mass is 9.73. The third-order valence-electron chi connectivity index (χ3n) is 6.81. The van der Waals surface area contributed by atoms with Crippen molar-refractivity contribution in [3.05, 3.63) is 33.3 Å². The molecule has 0 bridgehead atoms. The highest BCUT2D eigenvalue weighted by Crippen LogP contribution is 2.32. The molecule has 7 heteroatoms. The number of cyclic esters (lactones) is 1. The molecule has 0 amide bonds. The van der Waals surface area contributed by atoms with Crippen LogP contribution in [0.25, 0.3) is 6.08 Å². The van der Waals surface area contributed by atoms with Gasteiger partial charge in [0, 0.05) is 17.7 Å². The highest BCUT2D eigenvalue weighted by molar-refractivity contribution is 7.09. The van der Waals surface area contributed by atoms with Gasteiger partial charge in [0.05, 0.1) is 34.7 Å². The minimum Gasteiger partial charge on any atom is -0.457 e. The standard InChI is InChI=1S/C26H39NO5S/c1-15-8-10-16(2)24(30)18(4)25(31)26(6,7)22(28)13-23(29)32-21(11-9-15)17(3)12-20-14-33-19(5)27-20/h9,12,14,16,18,21-22,24,28,30H,8,10-11,13H2,1-7H3/b15-9-,17-12+/t16-,18+,21-,22-,24-/m0/s1. The molecule has 184 valence electrons. The van der Waals surface area contributed by atoms with Crippen molar-refractivity contribution in [3.63, 3.8) is 0 Å². The fourth-order valence-corrected chi connectivity index (χ4v) is 4.72. The molecule has 1 aliphatic rings. The summed E-state index contributed by atoms with van der Waals surface area (Å²) < 4.78 is 5.79. The molecule has 0 aliphatic carbocycles. The number of aliphatic hydroxyl groups is 2. The summed E-state index contributed by atoms with van der Waals surface area (Å²) in [6.45, 7) is 12.8. The van der Waals surface area contributed by atoms with Gasteiger partial charge in [-0.25, -0.2) is 4.98 Å². The maximum absolute atomic E-state index is 13.1.